The SMILES string of the molecule is NC(=NCc1cccnc1)NN=Cc1c2ccccc2c(C=NNC(N)=NCc2cccnc2)c2ccccc12. The van der Waals surface area contributed by atoms with Gasteiger partial charge in [-0.3, -0.25) is 9.97 Å². The van der Waals surface area contributed by atoms with Gasteiger partial charge in [-0.05, 0) is 44.8 Å². The van der Waals surface area contributed by atoms with Crippen LogP contribution < -0.4 is 22.3 Å². The number of nitrogens with zero attached hydrogens (tertiary/aromatic N) is 6. The molecule has 0 aliphatic carbocycles. The molecule has 10 heteroatoms. The number of nitrogens with one attached hydrogen (secondary N) is 2. The molecule has 0 atom stereocenters. The van der Waals surface area contributed by atoms with Crippen LogP contribution in [0.5, 0.6) is 0 Å². The highest BCUT2D eigenvalue weighted by atomic mass is 15.4. The zero-order valence-electron chi connectivity index (χ0n) is 21.6. The van der Waals surface area contributed by atoms with E-state index in [-0.39, 0.29) is 11.9 Å². The van der Waals surface area contributed by atoms with Crippen LogP contribution in [0.15, 0.2) is 118 Å². The molecule has 0 amide bonds. The van der Waals surface area contributed by atoms with Gasteiger partial charge in [-0.25, -0.2) is 20.8 Å². The standard InChI is InChI=1S/C30H28N10/c31-29(35-17-21-7-5-13-33-15-21)39-37-19-27-23-9-1-2-10-24(23)28(26-12-4-3-11-25(26)27)20-38-40-30(32)36-18-22-8-6-14-34-16-22/h1-16,19-20H,17-18H2,(H3,31,35,39)(H3,32,36,40). The molecule has 0 aliphatic rings. The van der Waals surface area contributed by atoms with Crippen molar-refractivity contribution in [3.8, 4) is 0 Å². The van der Waals surface area contributed by atoms with Crippen LogP contribution >= 0.6 is 0 Å². The molecule has 0 fully saturated rings. The van der Waals surface area contributed by atoms with Crippen molar-refractivity contribution in [2.24, 2.45) is 31.7 Å². The smallest absolute Gasteiger partial charge is 0.209 e. The van der Waals surface area contributed by atoms with Crippen LogP contribution in [0.1, 0.15) is 22.3 Å². The van der Waals surface area contributed by atoms with Crippen LogP contribution in [0.25, 0.3) is 21.5 Å². The van der Waals surface area contributed by atoms with Crippen molar-refractivity contribution in [3.05, 3.63) is 120 Å². The van der Waals surface area contributed by atoms with Crippen molar-refractivity contribution in [3.63, 3.8) is 0 Å². The lowest BCUT2D eigenvalue weighted by Gasteiger charge is -2.12. The third-order valence-corrected chi connectivity index (χ3v) is 6.07. The highest BCUT2D eigenvalue weighted by Crippen LogP contribution is 2.31. The Morgan fingerprint density at radius 1 is 0.600 bits per heavy atom. The van der Waals surface area contributed by atoms with Crippen molar-refractivity contribution in [1.29, 1.82) is 0 Å². The largest absolute Gasteiger partial charge is 0.369 e. The predicted molar refractivity (Wildman–Crippen MR) is 162 cm³/mol. The lowest BCUT2D eigenvalue weighted by atomic mass is 9.92. The average molecular weight is 529 g/mol. The Balaban J connectivity index is 1.39. The molecule has 0 unspecified atom stereocenters. The van der Waals surface area contributed by atoms with E-state index >= 15 is 0 Å². The fourth-order valence-electron chi connectivity index (χ4n) is 4.21. The normalized spacial score (nSPS) is 12.5. The summed E-state index contributed by atoms with van der Waals surface area (Å²) in [4.78, 5) is 16.8. The van der Waals surface area contributed by atoms with Gasteiger partial charge in [-0.1, -0.05) is 60.7 Å². The first-order chi connectivity index (χ1) is 19.7. The number of pyridine rings is 2. The Kier molecular flexibility index (Phi) is 8.28. The summed E-state index contributed by atoms with van der Waals surface area (Å²) in [5.41, 5.74) is 21.5. The van der Waals surface area contributed by atoms with Crippen molar-refractivity contribution < 1.29 is 0 Å². The molecule has 198 valence electrons. The summed E-state index contributed by atoms with van der Waals surface area (Å²) in [6.07, 6.45) is 10.5. The van der Waals surface area contributed by atoms with Gasteiger partial charge in [-0.15, -0.1) is 0 Å². The molecule has 6 N–H and O–H groups in total. The summed E-state index contributed by atoms with van der Waals surface area (Å²) in [5, 5.41) is 12.8. The maximum absolute atomic E-state index is 6.03. The Hall–Kier alpha value is -5.64. The van der Waals surface area contributed by atoms with Crippen molar-refractivity contribution in [2.75, 3.05) is 0 Å². The highest BCUT2D eigenvalue weighted by molar-refractivity contribution is 6.21. The van der Waals surface area contributed by atoms with Gasteiger partial charge in [0, 0.05) is 35.9 Å². The third-order valence-electron chi connectivity index (χ3n) is 6.07. The molecule has 2 aromatic heterocycles. The summed E-state index contributed by atoms with van der Waals surface area (Å²) < 4.78 is 0. The lowest BCUT2D eigenvalue weighted by Crippen LogP contribution is -2.27. The molecule has 2 heterocycles. The minimum absolute atomic E-state index is 0.214. The number of fused-ring (bicyclic) bond motifs is 2. The Bertz CT molecular complexity index is 1530. The van der Waals surface area contributed by atoms with E-state index in [9.17, 15) is 0 Å². The molecular formula is C30H28N10. The molecule has 5 rings (SSSR count). The van der Waals surface area contributed by atoms with Gasteiger partial charge in [0.25, 0.3) is 0 Å². The zero-order chi connectivity index (χ0) is 27.6. The van der Waals surface area contributed by atoms with E-state index in [1.165, 1.54) is 0 Å². The second kappa shape index (κ2) is 12.7. The van der Waals surface area contributed by atoms with Crippen LogP contribution in [0.3, 0.4) is 0 Å². The van der Waals surface area contributed by atoms with E-state index < -0.39 is 0 Å². The van der Waals surface area contributed by atoms with E-state index in [0.29, 0.717) is 13.1 Å². The first kappa shape index (κ1) is 26.0. The van der Waals surface area contributed by atoms with E-state index in [1.54, 1.807) is 37.2 Å². The van der Waals surface area contributed by atoms with Gasteiger partial charge < -0.3 is 11.5 Å². The van der Waals surface area contributed by atoms with Gasteiger partial charge in [0.05, 0.1) is 25.5 Å². The Labute approximate surface area is 231 Å². The average Bonchev–Trinajstić information content (AvgIpc) is 3.01. The summed E-state index contributed by atoms with van der Waals surface area (Å²) in [7, 11) is 0. The maximum atomic E-state index is 6.03. The van der Waals surface area contributed by atoms with E-state index in [1.807, 2.05) is 48.5 Å². The van der Waals surface area contributed by atoms with Gasteiger partial charge in [0.15, 0.2) is 0 Å². The molecule has 0 radical (unpaired) electrons. The Morgan fingerprint density at radius 2 is 1.00 bits per heavy atom. The summed E-state index contributed by atoms with van der Waals surface area (Å²) in [6, 6.07) is 23.8. The monoisotopic (exact) mass is 528 g/mol. The summed E-state index contributed by atoms with van der Waals surface area (Å²) in [5.74, 6) is 0.428. The maximum Gasteiger partial charge on any atom is 0.209 e. The van der Waals surface area contributed by atoms with E-state index in [0.717, 1.165) is 43.8 Å². The van der Waals surface area contributed by atoms with E-state index in [2.05, 4.69) is 65.3 Å². The van der Waals surface area contributed by atoms with Crippen molar-refractivity contribution in [2.45, 2.75) is 13.1 Å². The molecule has 0 aliphatic heterocycles. The molecular weight excluding hydrogens is 500 g/mol. The predicted octanol–water partition coefficient (Wildman–Crippen LogP) is 3.66. The molecule has 0 spiro atoms. The minimum atomic E-state index is 0.214. The van der Waals surface area contributed by atoms with Crippen LogP contribution in [-0.4, -0.2) is 34.3 Å². The topological polar surface area (TPSA) is 151 Å². The zero-order valence-corrected chi connectivity index (χ0v) is 21.6. The molecule has 0 bridgehead atoms. The van der Waals surface area contributed by atoms with Gasteiger partial charge in [0.1, 0.15) is 0 Å². The fraction of sp³-hybridized carbons (Fsp3) is 0.0667. The number of rotatable bonds is 8. The van der Waals surface area contributed by atoms with Crippen LogP contribution in [0.2, 0.25) is 0 Å². The molecule has 0 saturated heterocycles. The summed E-state index contributed by atoms with van der Waals surface area (Å²) in [6.45, 7) is 0.823. The molecule has 5 aromatic rings. The molecule has 10 nitrogen and oxygen atoms in total. The Morgan fingerprint density at radius 3 is 1.35 bits per heavy atom. The third kappa shape index (κ3) is 6.43. The van der Waals surface area contributed by atoms with Gasteiger partial charge >= 0.3 is 0 Å². The van der Waals surface area contributed by atoms with Crippen LogP contribution in [0.4, 0.5) is 0 Å². The second-order valence-electron chi connectivity index (χ2n) is 8.78. The number of nitrogens with two attached hydrogens (primary N) is 2. The van der Waals surface area contributed by atoms with Gasteiger partial charge in [-0.2, -0.15) is 10.2 Å². The molecule has 40 heavy (non-hydrogen) atoms. The van der Waals surface area contributed by atoms with Crippen molar-refractivity contribution >= 4 is 45.9 Å². The first-order valence-corrected chi connectivity index (χ1v) is 12.6. The second-order valence-corrected chi connectivity index (χ2v) is 8.78. The van der Waals surface area contributed by atoms with Crippen LogP contribution in [0, 0.1) is 0 Å². The number of hydrogen-bond donors (Lipinski definition) is 4. The molecule has 0 saturated carbocycles. The number of hydrogen-bond acceptors (Lipinski definition) is 6. The highest BCUT2D eigenvalue weighted by Gasteiger charge is 2.11. The van der Waals surface area contributed by atoms with Gasteiger partial charge in [0.2, 0.25) is 11.9 Å². The summed E-state index contributed by atoms with van der Waals surface area (Å²) >= 11 is 0. The van der Waals surface area contributed by atoms with E-state index in [4.69, 9.17) is 11.5 Å². The number of hydrazone groups is 2. The number of benzene rings is 3. The number of guanidine groups is 2. The molecule has 3 aromatic carbocycles. The number of aliphatic imine (C=N–C) groups is 2. The fourth-order valence-corrected chi connectivity index (χ4v) is 4.21. The first-order valence-electron chi connectivity index (χ1n) is 12.6. The minimum Gasteiger partial charge on any atom is -0.369 e. The van der Waals surface area contributed by atoms with Crippen LogP contribution in [-0.2, 0) is 13.1 Å². The lowest BCUT2D eigenvalue weighted by molar-refractivity contribution is 0.958. The van der Waals surface area contributed by atoms with Crippen molar-refractivity contribution in [1.82, 2.24) is 20.8 Å². The number of aromatic nitrogens is 2. The quantitative estimate of drug-likeness (QED) is 0.104.